The second-order valence-electron chi connectivity index (χ2n) is 4.47. The second kappa shape index (κ2) is 6.30. The van der Waals surface area contributed by atoms with Gasteiger partial charge in [0.2, 0.25) is 0 Å². The van der Waals surface area contributed by atoms with Crippen LogP contribution in [0.5, 0.6) is 0 Å². The summed E-state index contributed by atoms with van der Waals surface area (Å²) in [5.74, 6) is 0. The quantitative estimate of drug-likeness (QED) is 0.783. The second-order valence-corrected chi connectivity index (χ2v) is 4.88. The molecule has 0 amide bonds. The first kappa shape index (κ1) is 14.2. The van der Waals surface area contributed by atoms with Crippen LogP contribution in [0.15, 0.2) is 30.5 Å². The molecule has 0 spiro atoms. The third kappa shape index (κ3) is 3.22. The molecule has 5 heteroatoms. The topological polar surface area (TPSA) is 65.4 Å². The molecule has 0 radical (unpaired) electrons. The minimum absolute atomic E-state index is 0.485. The van der Waals surface area contributed by atoms with Crippen molar-refractivity contribution in [2.75, 3.05) is 13.6 Å². The fourth-order valence-electron chi connectivity index (χ4n) is 1.99. The van der Waals surface area contributed by atoms with Gasteiger partial charge in [0.15, 0.2) is 0 Å². The predicted octanol–water partition coefficient (Wildman–Crippen LogP) is 1.89. The minimum atomic E-state index is -0.918. The Morgan fingerprint density at radius 2 is 2.11 bits per heavy atom. The summed E-state index contributed by atoms with van der Waals surface area (Å²) < 4.78 is 0. The lowest BCUT2D eigenvalue weighted by molar-refractivity contribution is 0.0141. The van der Waals surface area contributed by atoms with Crippen LogP contribution in [0.25, 0.3) is 10.9 Å². The predicted molar refractivity (Wildman–Crippen MR) is 76.3 cm³/mol. The number of halogens is 1. The Balaban J connectivity index is 2.25. The zero-order valence-corrected chi connectivity index (χ0v) is 11.4. The number of aromatic nitrogens is 1. The van der Waals surface area contributed by atoms with Crippen molar-refractivity contribution < 1.29 is 10.2 Å². The lowest BCUT2D eigenvalue weighted by atomic mass is 10.0. The van der Waals surface area contributed by atoms with E-state index >= 15 is 0 Å². The van der Waals surface area contributed by atoms with Crippen LogP contribution in [-0.4, -0.2) is 34.9 Å². The highest BCUT2D eigenvalue weighted by Crippen LogP contribution is 2.26. The number of nitrogens with zero attached hydrogens (tertiary/aromatic N) is 1. The molecule has 2 unspecified atom stereocenters. The molecular formula is C14H17ClN2O2. The number of aliphatic hydroxyl groups is 2. The third-order valence-corrected chi connectivity index (χ3v) is 3.44. The van der Waals surface area contributed by atoms with Crippen LogP contribution in [0.3, 0.4) is 0 Å². The molecule has 102 valence electrons. The van der Waals surface area contributed by atoms with Gasteiger partial charge in [-0.1, -0.05) is 23.7 Å². The smallest absolute Gasteiger partial charge is 0.105 e. The summed E-state index contributed by atoms with van der Waals surface area (Å²) in [7, 11) is 1.81. The van der Waals surface area contributed by atoms with Gasteiger partial charge < -0.3 is 15.5 Å². The van der Waals surface area contributed by atoms with Crippen molar-refractivity contribution in [3.8, 4) is 0 Å². The van der Waals surface area contributed by atoms with Crippen LogP contribution in [0.4, 0.5) is 0 Å². The van der Waals surface area contributed by atoms with Gasteiger partial charge in [-0.15, -0.1) is 0 Å². The van der Waals surface area contributed by atoms with Crippen molar-refractivity contribution in [3.05, 3.63) is 41.0 Å². The summed E-state index contributed by atoms with van der Waals surface area (Å²) in [6.45, 7) is 0.649. The maximum atomic E-state index is 10.1. The summed E-state index contributed by atoms with van der Waals surface area (Å²) in [6, 6.07) is 7.06. The largest absolute Gasteiger partial charge is 0.390 e. The Hall–Kier alpha value is -1.20. The van der Waals surface area contributed by atoms with Crippen molar-refractivity contribution in [3.63, 3.8) is 0 Å². The highest BCUT2D eigenvalue weighted by Gasteiger charge is 2.18. The zero-order valence-electron chi connectivity index (χ0n) is 10.7. The Labute approximate surface area is 117 Å². The lowest BCUT2D eigenvalue weighted by Crippen LogP contribution is -2.23. The number of fused-ring (bicyclic) bond motifs is 1. The van der Waals surface area contributed by atoms with E-state index in [4.69, 9.17) is 11.6 Å². The fourth-order valence-corrected chi connectivity index (χ4v) is 2.20. The molecule has 19 heavy (non-hydrogen) atoms. The van der Waals surface area contributed by atoms with Gasteiger partial charge in [-0.05, 0) is 37.7 Å². The van der Waals surface area contributed by atoms with E-state index in [1.54, 1.807) is 31.4 Å². The molecule has 2 atom stereocenters. The van der Waals surface area contributed by atoms with Gasteiger partial charge in [-0.3, -0.25) is 4.98 Å². The van der Waals surface area contributed by atoms with Crippen LogP contribution in [0.1, 0.15) is 18.1 Å². The summed E-state index contributed by atoms with van der Waals surface area (Å²) in [5.41, 5.74) is 1.36. The van der Waals surface area contributed by atoms with Crippen molar-refractivity contribution in [2.24, 2.45) is 0 Å². The Kier molecular flexibility index (Phi) is 4.71. The van der Waals surface area contributed by atoms with Crippen LogP contribution < -0.4 is 5.32 Å². The van der Waals surface area contributed by atoms with Gasteiger partial charge in [0.25, 0.3) is 0 Å². The van der Waals surface area contributed by atoms with E-state index in [2.05, 4.69) is 10.3 Å². The highest BCUT2D eigenvalue weighted by molar-refractivity contribution is 6.35. The van der Waals surface area contributed by atoms with Crippen molar-refractivity contribution in [1.82, 2.24) is 10.3 Å². The first-order valence-corrected chi connectivity index (χ1v) is 6.56. The molecule has 1 aromatic carbocycles. The number of aliphatic hydroxyl groups excluding tert-OH is 2. The van der Waals surface area contributed by atoms with Crippen LogP contribution in [-0.2, 0) is 0 Å². The first-order valence-electron chi connectivity index (χ1n) is 6.18. The Morgan fingerprint density at radius 1 is 1.32 bits per heavy atom. The monoisotopic (exact) mass is 280 g/mol. The van der Waals surface area contributed by atoms with E-state index in [0.29, 0.717) is 29.1 Å². The summed E-state index contributed by atoms with van der Waals surface area (Å²) in [6.07, 6.45) is 0.388. The summed E-state index contributed by atoms with van der Waals surface area (Å²) in [5, 5.41) is 24.4. The van der Waals surface area contributed by atoms with Gasteiger partial charge in [-0.2, -0.15) is 0 Å². The highest BCUT2D eigenvalue weighted by atomic mass is 35.5. The van der Waals surface area contributed by atoms with E-state index in [1.807, 2.05) is 6.07 Å². The maximum Gasteiger partial charge on any atom is 0.105 e. The number of hydrogen-bond donors (Lipinski definition) is 3. The SMILES string of the molecule is CNCCC(O)C(O)c1ccc2c(Cl)ccnc2c1. The summed E-state index contributed by atoms with van der Waals surface area (Å²) >= 11 is 6.06. The molecule has 0 saturated carbocycles. The van der Waals surface area contributed by atoms with Crippen molar-refractivity contribution in [2.45, 2.75) is 18.6 Å². The van der Waals surface area contributed by atoms with E-state index in [-0.39, 0.29) is 0 Å². The van der Waals surface area contributed by atoms with Gasteiger partial charge in [0.1, 0.15) is 6.10 Å². The first-order chi connectivity index (χ1) is 9.13. The van der Waals surface area contributed by atoms with E-state index in [9.17, 15) is 10.2 Å². The van der Waals surface area contributed by atoms with Crippen LogP contribution in [0.2, 0.25) is 5.02 Å². The third-order valence-electron chi connectivity index (χ3n) is 3.11. The molecule has 3 N–H and O–H groups in total. The molecule has 0 fully saturated rings. The molecule has 2 rings (SSSR count). The minimum Gasteiger partial charge on any atom is -0.390 e. The number of benzene rings is 1. The average molecular weight is 281 g/mol. The van der Waals surface area contributed by atoms with Crippen molar-refractivity contribution in [1.29, 1.82) is 0 Å². The molecule has 0 aliphatic carbocycles. The molecule has 0 aliphatic rings. The lowest BCUT2D eigenvalue weighted by Gasteiger charge is -2.18. The number of pyridine rings is 1. The van der Waals surface area contributed by atoms with E-state index in [1.165, 1.54) is 0 Å². The van der Waals surface area contributed by atoms with Crippen LogP contribution >= 0.6 is 11.6 Å². The van der Waals surface area contributed by atoms with Crippen LogP contribution in [0, 0.1) is 0 Å². The molecule has 0 saturated heterocycles. The van der Waals surface area contributed by atoms with Gasteiger partial charge in [-0.25, -0.2) is 0 Å². The normalized spacial score (nSPS) is 14.5. The molecule has 4 nitrogen and oxygen atoms in total. The Bertz CT molecular complexity index is 562. The van der Waals surface area contributed by atoms with Gasteiger partial charge in [0.05, 0.1) is 16.6 Å². The Morgan fingerprint density at radius 3 is 2.84 bits per heavy atom. The van der Waals surface area contributed by atoms with E-state index in [0.717, 1.165) is 5.39 Å². The molecular weight excluding hydrogens is 264 g/mol. The maximum absolute atomic E-state index is 10.1. The number of hydrogen-bond acceptors (Lipinski definition) is 4. The number of rotatable bonds is 5. The van der Waals surface area contributed by atoms with Gasteiger partial charge in [0, 0.05) is 11.6 Å². The van der Waals surface area contributed by atoms with Crippen molar-refractivity contribution >= 4 is 22.5 Å². The fraction of sp³-hybridized carbons (Fsp3) is 0.357. The number of nitrogens with one attached hydrogen (secondary N) is 1. The molecule has 2 aromatic rings. The molecule has 0 aliphatic heterocycles. The zero-order chi connectivity index (χ0) is 13.8. The van der Waals surface area contributed by atoms with E-state index < -0.39 is 12.2 Å². The molecule has 1 heterocycles. The molecule has 0 bridgehead atoms. The average Bonchev–Trinajstić information content (AvgIpc) is 2.43. The van der Waals surface area contributed by atoms with Gasteiger partial charge >= 0.3 is 0 Å². The molecule has 1 aromatic heterocycles. The summed E-state index contributed by atoms with van der Waals surface area (Å²) in [4.78, 5) is 4.22. The standard InChI is InChI=1S/C14H17ClN2O2/c1-16-6-5-13(18)14(19)9-2-3-10-11(15)4-7-17-12(10)8-9/h2-4,7-8,13-14,16,18-19H,5-6H2,1H3.